The molecule has 2 atom stereocenters. The zero-order chi connectivity index (χ0) is 11.4. The van der Waals surface area contributed by atoms with E-state index in [1.165, 1.54) is 6.92 Å². The number of hydrogen-bond donors (Lipinski definition) is 1. The Morgan fingerprint density at radius 2 is 1.86 bits per heavy atom. The maximum Gasteiger partial charge on any atom is 0.304 e. The Bertz CT molecular complexity index is 281. The van der Waals surface area contributed by atoms with Crippen molar-refractivity contribution in [2.45, 2.75) is 38.9 Å². The minimum absolute atomic E-state index is 0.0813. The Kier molecular flexibility index (Phi) is 5.12. The van der Waals surface area contributed by atoms with E-state index in [1.54, 1.807) is 0 Å². The lowest BCUT2D eigenvalue weighted by atomic mass is 10.2. The summed E-state index contributed by atoms with van der Waals surface area (Å²) in [6, 6.07) is 0. The smallest absolute Gasteiger partial charge is 0.304 e. The minimum Gasteiger partial charge on any atom is -0.481 e. The molecule has 0 saturated carbocycles. The number of sulfone groups is 1. The van der Waals surface area contributed by atoms with Crippen LogP contribution in [-0.4, -0.2) is 30.5 Å². The molecule has 84 valence electrons. The number of aliphatic carboxylic acids is 1. The highest BCUT2D eigenvalue weighted by molar-refractivity contribution is 7.92. The molecule has 0 aromatic heterocycles. The Balaban J connectivity index is 4.39. The highest BCUT2D eigenvalue weighted by Gasteiger charge is 2.24. The predicted octanol–water partition coefficient (Wildman–Crippen LogP) is 1.31. The maximum absolute atomic E-state index is 11.6. The Morgan fingerprint density at radius 1 is 1.36 bits per heavy atom. The van der Waals surface area contributed by atoms with E-state index in [0.717, 1.165) is 6.42 Å². The topological polar surface area (TPSA) is 71.4 Å². The van der Waals surface area contributed by atoms with Gasteiger partial charge < -0.3 is 5.11 Å². The van der Waals surface area contributed by atoms with E-state index in [-0.39, 0.29) is 18.1 Å². The van der Waals surface area contributed by atoms with Crippen molar-refractivity contribution in [3.05, 3.63) is 0 Å². The lowest BCUT2D eigenvalue weighted by Gasteiger charge is -2.13. The van der Waals surface area contributed by atoms with Crippen LogP contribution in [-0.2, 0) is 14.6 Å². The van der Waals surface area contributed by atoms with Gasteiger partial charge in [0, 0.05) is 0 Å². The third kappa shape index (κ3) is 4.60. The van der Waals surface area contributed by atoms with Crippen LogP contribution in [0, 0.1) is 5.92 Å². The molecule has 0 spiro atoms. The van der Waals surface area contributed by atoms with E-state index >= 15 is 0 Å². The van der Waals surface area contributed by atoms with Crippen molar-refractivity contribution in [1.29, 1.82) is 0 Å². The molecule has 0 rings (SSSR count). The molecule has 0 aromatic carbocycles. The summed E-state index contributed by atoms with van der Waals surface area (Å²) in [5.41, 5.74) is 0. The van der Waals surface area contributed by atoms with Gasteiger partial charge in [-0.2, -0.15) is 0 Å². The second kappa shape index (κ2) is 5.34. The zero-order valence-corrected chi connectivity index (χ0v) is 9.67. The first-order chi connectivity index (χ1) is 6.29. The molecule has 0 aliphatic heterocycles. The largest absolute Gasteiger partial charge is 0.481 e. The molecule has 0 heterocycles. The highest BCUT2D eigenvalue weighted by atomic mass is 32.2. The van der Waals surface area contributed by atoms with Gasteiger partial charge in [0.2, 0.25) is 0 Å². The highest BCUT2D eigenvalue weighted by Crippen LogP contribution is 2.12. The first-order valence-corrected chi connectivity index (χ1v) is 6.44. The summed E-state index contributed by atoms with van der Waals surface area (Å²) in [6.45, 7) is 5.22. The monoisotopic (exact) mass is 222 g/mol. The quantitative estimate of drug-likeness (QED) is 0.735. The van der Waals surface area contributed by atoms with Gasteiger partial charge >= 0.3 is 5.97 Å². The number of carbonyl (C=O) groups is 1. The van der Waals surface area contributed by atoms with Crippen molar-refractivity contribution < 1.29 is 18.3 Å². The number of hydrogen-bond acceptors (Lipinski definition) is 3. The van der Waals surface area contributed by atoms with E-state index in [0.29, 0.717) is 0 Å². The van der Waals surface area contributed by atoms with Crippen LogP contribution in [0.2, 0.25) is 0 Å². The zero-order valence-electron chi connectivity index (χ0n) is 8.86. The second-order valence-corrected chi connectivity index (χ2v) is 6.22. The third-order valence-electron chi connectivity index (χ3n) is 2.29. The average molecular weight is 222 g/mol. The summed E-state index contributed by atoms with van der Waals surface area (Å²) in [6.07, 6.45) is 0.484. The lowest BCUT2D eigenvalue weighted by molar-refractivity contribution is -0.136. The Morgan fingerprint density at radius 3 is 2.21 bits per heavy atom. The molecule has 0 bridgehead atoms. The standard InChI is InChI=1S/C9H18O4S/c1-4-7(2)6-14(12,13)8(3)5-9(10)11/h7-8H,4-6H2,1-3H3,(H,10,11). The normalized spacial score (nSPS) is 16.2. The second-order valence-electron chi connectivity index (χ2n) is 3.75. The maximum atomic E-state index is 11.6. The summed E-state index contributed by atoms with van der Waals surface area (Å²) in [7, 11) is -3.25. The van der Waals surface area contributed by atoms with Gasteiger partial charge in [-0.25, -0.2) is 8.42 Å². The molecule has 0 fully saturated rings. The molecule has 0 saturated heterocycles. The van der Waals surface area contributed by atoms with E-state index in [1.807, 2.05) is 13.8 Å². The summed E-state index contributed by atoms with van der Waals surface area (Å²) in [5, 5.41) is 7.69. The van der Waals surface area contributed by atoms with Crippen molar-refractivity contribution in [3.63, 3.8) is 0 Å². The molecular formula is C9H18O4S. The van der Waals surface area contributed by atoms with Crippen molar-refractivity contribution in [2.24, 2.45) is 5.92 Å². The molecule has 4 nitrogen and oxygen atoms in total. The predicted molar refractivity (Wildman–Crippen MR) is 55.0 cm³/mol. The fourth-order valence-corrected chi connectivity index (χ4v) is 2.81. The molecule has 0 aliphatic carbocycles. The average Bonchev–Trinajstić information content (AvgIpc) is 2.02. The van der Waals surface area contributed by atoms with Gasteiger partial charge in [0.05, 0.1) is 17.4 Å². The molecule has 0 radical (unpaired) electrons. The Labute approximate surface area is 85.2 Å². The van der Waals surface area contributed by atoms with Crippen molar-refractivity contribution in [3.8, 4) is 0 Å². The van der Waals surface area contributed by atoms with E-state index in [2.05, 4.69) is 0 Å². The van der Waals surface area contributed by atoms with Gasteiger partial charge in [0.15, 0.2) is 9.84 Å². The summed E-state index contributed by atoms with van der Waals surface area (Å²) in [5.74, 6) is -0.890. The first-order valence-electron chi connectivity index (χ1n) is 4.73. The number of carboxylic acids is 1. The summed E-state index contributed by atoms with van der Waals surface area (Å²) >= 11 is 0. The van der Waals surface area contributed by atoms with Crippen LogP contribution < -0.4 is 0 Å². The van der Waals surface area contributed by atoms with Crippen LogP contribution in [0.25, 0.3) is 0 Å². The van der Waals surface area contributed by atoms with Crippen LogP contribution in [0.1, 0.15) is 33.6 Å². The van der Waals surface area contributed by atoms with Crippen LogP contribution in [0.15, 0.2) is 0 Å². The summed E-state index contributed by atoms with van der Waals surface area (Å²) in [4.78, 5) is 10.3. The minimum atomic E-state index is -3.25. The lowest BCUT2D eigenvalue weighted by Crippen LogP contribution is -2.26. The van der Waals surface area contributed by atoms with E-state index in [4.69, 9.17) is 5.11 Å². The third-order valence-corrected chi connectivity index (χ3v) is 4.72. The van der Waals surface area contributed by atoms with Crippen LogP contribution in [0.5, 0.6) is 0 Å². The summed E-state index contributed by atoms with van der Waals surface area (Å²) < 4.78 is 23.1. The van der Waals surface area contributed by atoms with Crippen molar-refractivity contribution in [1.82, 2.24) is 0 Å². The van der Waals surface area contributed by atoms with Gasteiger partial charge in [0.25, 0.3) is 0 Å². The van der Waals surface area contributed by atoms with Gasteiger partial charge in [-0.1, -0.05) is 20.3 Å². The molecule has 14 heavy (non-hydrogen) atoms. The fraction of sp³-hybridized carbons (Fsp3) is 0.889. The number of carboxylic acid groups (broad SMARTS) is 1. The van der Waals surface area contributed by atoms with Gasteiger partial charge in [0.1, 0.15) is 0 Å². The van der Waals surface area contributed by atoms with Crippen LogP contribution in [0.4, 0.5) is 0 Å². The Hall–Kier alpha value is -0.580. The molecule has 2 unspecified atom stereocenters. The molecule has 0 amide bonds. The van der Waals surface area contributed by atoms with Crippen molar-refractivity contribution >= 4 is 15.8 Å². The SMILES string of the molecule is CCC(C)CS(=O)(=O)C(C)CC(=O)O. The molecular weight excluding hydrogens is 204 g/mol. The van der Waals surface area contributed by atoms with Gasteiger partial charge in [-0.15, -0.1) is 0 Å². The van der Waals surface area contributed by atoms with Crippen LogP contribution in [0.3, 0.4) is 0 Å². The molecule has 0 aliphatic rings. The van der Waals surface area contributed by atoms with E-state index in [9.17, 15) is 13.2 Å². The fourth-order valence-electron chi connectivity index (χ4n) is 1.05. The van der Waals surface area contributed by atoms with Gasteiger partial charge in [-0.05, 0) is 12.8 Å². The molecule has 0 aromatic rings. The van der Waals surface area contributed by atoms with E-state index < -0.39 is 21.1 Å². The number of rotatable bonds is 6. The molecule has 1 N–H and O–H groups in total. The van der Waals surface area contributed by atoms with Crippen LogP contribution >= 0.6 is 0 Å². The van der Waals surface area contributed by atoms with Crippen molar-refractivity contribution in [2.75, 3.05) is 5.75 Å². The molecule has 5 heteroatoms. The first kappa shape index (κ1) is 13.4. The van der Waals surface area contributed by atoms with Gasteiger partial charge in [-0.3, -0.25) is 4.79 Å².